The van der Waals surface area contributed by atoms with E-state index in [0.717, 1.165) is 12.8 Å². The average Bonchev–Trinajstić information content (AvgIpc) is 2.71. The molecule has 2 nitrogen and oxygen atoms in total. The molecule has 0 aromatic heterocycles. The second kappa shape index (κ2) is 9.95. The van der Waals surface area contributed by atoms with Gasteiger partial charge in [-0.1, -0.05) is 19.8 Å². The highest BCUT2D eigenvalue weighted by Crippen LogP contribution is 2.42. The minimum absolute atomic E-state index is 0.0510. The van der Waals surface area contributed by atoms with E-state index < -0.39 is 64.3 Å². The maximum absolute atomic E-state index is 14.6. The van der Waals surface area contributed by atoms with E-state index in [0.29, 0.717) is 18.8 Å². The SMILES string of the molecule is CCCC1CCC(C(F)(F)Oc2cc(F)c(C(F)(F)Oc3cc(F)c(F)c(F)c3)c(F)c2)CC1. The molecule has 3 rings (SSSR count). The lowest BCUT2D eigenvalue weighted by Gasteiger charge is -2.33. The van der Waals surface area contributed by atoms with Gasteiger partial charge in [0, 0.05) is 24.3 Å². The van der Waals surface area contributed by atoms with Crippen molar-refractivity contribution in [2.75, 3.05) is 0 Å². The number of benzene rings is 2. The van der Waals surface area contributed by atoms with Gasteiger partial charge in [0.25, 0.3) is 0 Å². The molecule has 0 spiro atoms. The van der Waals surface area contributed by atoms with E-state index in [1.54, 1.807) is 0 Å². The Balaban J connectivity index is 1.77. The maximum atomic E-state index is 14.6. The molecule has 0 heterocycles. The van der Waals surface area contributed by atoms with Gasteiger partial charge in [-0.05, 0) is 31.6 Å². The van der Waals surface area contributed by atoms with Gasteiger partial charge in [0.2, 0.25) is 0 Å². The third kappa shape index (κ3) is 5.72. The third-order valence-corrected chi connectivity index (χ3v) is 5.78. The molecule has 1 aliphatic carbocycles. The highest BCUT2D eigenvalue weighted by Gasteiger charge is 2.45. The summed E-state index contributed by atoms with van der Waals surface area (Å²) in [5.74, 6) is -12.9. The molecule has 0 amide bonds. The lowest BCUT2D eigenvalue weighted by atomic mass is 9.79. The normalized spacial score (nSPS) is 19.2. The zero-order valence-corrected chi connectivity index (χ0v) is 17.9. The molecule has 0 atom stereocenters. The van der Waals surface area contributed by atoms with Crippen LogP contribution in [-0.4, -0.2) is 6.11 Å². The van der Waals surface area contributed by atoms with Crippen LogP contribution in [0.5, 0.6) is 11.5 Å². The zero-order valence-electron chi connectivity index (χ0n) is 17.9. The van der Waals surface area contributed by atoms with Crippen LogP contribution in [0.2, 0.25) is 0 Å². The van der Waals surface area contributed by atoms with Crippen LogP contribution in [0.25, 0.3) is 0 Å². The topological polar surface area (TPSA) is 18.5 Å². The van der Waals surface area contributed by atoms with E-state index in [2.05, 4.69) is 9.47 Å². The molecular weight excluding hydrogens is 479 g/mol. The van der Waals surface area contributed by atoms with E-state index in [1.807, 2.05) is 6.92 Å². The molecule has 0 N–H and O–H groups in total. The van der Waals surface area contributed by atoms with Crippen molar-refractivity contribution in [3.8, 4) is 11.5 Å². The molecule has 2 aromatic carbocycles. The van der Waals surface area contributed by atoms with Crippen LogP contribution in [0.3, 0.4) is 0 Å². The van der Waals surface area contributed by atoms with Gasteiger partial charge in [0.1, 0.15) is 28.7 Å². The highest BCUT2D eigenvalue weighted by atomic mass is 19.3. The Morgan fingerprint density at radius 1 is 0.735 bits per heavy atom. The summed E-state index contributed by atoms with van der Waals surface area (Å²) in [7, 11) is 0. The lowest BCUT2D eigenvalue weighted by Crippen LogP contribution is -2.37. The minimum atomic E-state index is -4.83. The van der Waals surface area contributed by atoms with Gasteiger partial charge in [-0.2, -0.15) is 17.6 Å². The monoisotopic (exact) mass is 500 g/mol. The van der Waals surface area contributed by atoms with Crippen molar-refractivity contribution < 1.29 is 49.0 Å². The number of alkyl halides is 4. The summed E-state index contributed by atoms with van der Waals surface area (Å²) < 4.78 is 134. The predicted octanol–water partition coefficient (Wildman–Crippen LogP) is 8.09. The first-order chi connectivity index (χ1) is 15.8. The third-order valence-electron chi connectivity index (χ3n) is 5.78. The molecule has 2 aromatic rings. The van der Waals surface area contributed by atoms with E-state index in [1.165, 1.54) is 0 Å². The van der Waals surface area contributed by atoms with Crippen molar-refractivity contribution in [1.82, 2.24) is 0 Å². The van der Waals surface area contributed by atoms with Gasteiger partial charge in [-0.25, -0.2) is 22.0 Å². The van der Waals surface area contributed by atoms with Crippen LogP contribution in [-0.2, 0) is 6.11 Å². The summed E-state index contributed by atoms with van der Waals surface area (Å²) in [6.45, 7) is 1.99. The highest BCUT2D eigenvalue weighted by molar-refractivity contribution is 5.34. The Kier molecular flexibility index (Phi) is 7.62. The summed E-state index contributed by atoms with van der Waals surface area (Å²) in [5.41, 5.74) is -2.01. The number of halogens is 9. The number of hydrogen-bond acceptors (Lipinski definition) is 2. The van der Waals surface area contributed by atoms with Gasteiger partial charge in [0.15, 0.2) is 17.5 Å². The number of rotatable bonds is 8. The van der Waals surface area contributed by atoms with Crippen molar-refractivity contribution in [3.63, 3.8) is 0 Å². The van der Waals surface area contributed by atoms with Gasteiger partial charge in [0.05, 0.1) is 5.92 Å². The van der Waals surface area contributed by atoms with Crippen LogP contribution < -0.4 is 9.47 Å². The molecule has 0 saturated heterocycles. The molecule has 1 aliphatic rings. The number of ether oxygens (including phenoxy) is 2. The Hall–Kier alpha value is -2.59. The summed E-state index contributed by atoms with van der Waals surface area (Å²) in [5, 5.41) is 0. The first-order valence-corrected chi connectivity index (χ1v) is 10.6. The molecular formula is C23H21F9O2. The van der Waals surface area contributed by atoms with E-state index in [-0.39, 0.29) is 37.1 Å². The fraction of sp³-hybridized carbons (Fsp3) is 0.478. The van der Waals surface area contributed by atoms with Gasteiger partial charge >= 0.3 is 12.2 Å². The molecule has 1 saturated carbocycles. The molecule has 0 bridgehead atoms. The summed E-state index contributed by atoms with van der Waals surface area (Å²) in [4.78, 5) is 0. The van der Waals surface area contributed by atoms with E-state index in [9.17, 15) is 39.5 Å². The smallest absolute Gasteiger partial charge is 0.432 e. The Morgan fingerprint density at radius 2 is 1.21 bits per heavy atom. The minimum Gasteiger partial charge on any atom is -0.432 e. The molecule has 0 aliphatic heterocycles. The number of hydrogen-bond donors (Lipinski definition) is 0. The molecule has 0 radical (unpaired) electrons. The Labute approximate surface area is 189 Å². The maximum Gasteiger partial charge on any atom is 0.432 e. The molecule has 1 fully saturated rings. The predicted molar refractivity (Wildman–Crippen MR) is 103 cm³/mol. The lowest BCUT2D eigenvalue weighted by molar-refractivity contribution is -0.223. The van der Waals surface area contributed by atoms with Crippen molar-refractivity contribution >= 4 is 0 Å². The molecule has 11 heteroatoms. The van der Waals surface area contributed by atoms with Crippen LogP contribution >= 0.6 is 0 Å². The van der Waals surface area contributed by atoms with Gasteiger partial charge < -0.3 is 9.47 Å². The summed E-state index contributed by atoms with van der Waals surface area (Å²) >= 11 is 0. The standard InChI is InChI=1S/C23H21F9O2/c1-2-3-12-4-6-13(7-5-12)22(29,30)33-14-8-16(24)20(17(25)9-14)23(31,32)34-15-10-18(26)21(28)19(27)11-15/h8-13H,2-7H2,1H3. The van der Waals surface area contributed by atoms with Crippen LogP contribution in [0.1, 0.15) is 51.0 Å². The second-order valence-corrected chi connectivity index (χ2v) is 8.25. The quantitative estimate of drug-likeness (QED) is 0.269. The fourth-order valence-electron chi connectivity index (χ4n) is 4.11. The average molecular weight is 500 g/mol. The molecule has 34 heavy (non-hydrogen) atoms. The van der Waals surface area contributed by atoms with Crippen molar-refractivity contribution in [3.05, 3.63) is 58.9 Å². The first-order valence-electron chi connectivity index (χ1n) is 10.6. The van der Waals surface area contributed by atoms with Crippen LogP contribution in [0.15, 0.2) is 24.3 Å². The largest absolute Gasteiger partial charge is 0.432 e. The van der Waals surface area contributed by atoms with Crippen molar-refractivity contribution in [2.45, 2.75) is 57.7 Å². The zero-order chi connectivity index (χ0) is 25.3. The first kappa shape index (κ1) is 26.0. The van der Waals surface area contributed by atoms with Crippen LogP contribution in [0, 0.1) is 40.9 Å². The van der Waals surface area contributed by atoms with E-state index >= 15 is 0 Å². The molecule has 0 unspecified atom stereocenters. The van der Waals surface area contributed by atoms with Gasteiger partial charge in [-0.3, -0.25) is 0 Å². The van der Waals surface area contributed by atoms with Gasteiger partial charge in [-0.15, -0.1) is 0 Å². The fourth-order valence-corrected chi connectivity index (χ4v) is 4.11. The van der Waals surface area contributed by atoms with E-state index in [4.69, 9.17) is 0 Å². The van der Waals surface area contributed by atoms with Crippen molar-refractivity contribution in [1.29, 1.82) is 0 Å². The second-order valence-electron chi connectivity index (χ2n) is 8.25. The molecule has 188 valence electrons. The Bertz CT molecular complexity index is 971. The summed E-state index contributed by atoms with van der Waals surface area (Å²) in [6.07, 6.45) is -5.42. The Morgan fingerprint density at radius 3 is 1.71 bits per heavy atom. The van der Waals surface area contributed by atoms with Crippen LogP contribution in [0.4, 0.5) is 39.5 Å². The summed E-state index contributed by atoms with van der Waals surface area (Å²) in [6, 6.07) is 0.376. The van der Waals surface area contributed by atoms with Crippen molar-refractivity contribution in [2.24, 2.45) is 11.8 Å².